The number of carbonyl (C=O) groups is 1. The van der Waals surface area contributed by atoms with E-state index in [2.05, 4.69) is 20.2 Å². The Kier molecular flexibility index (Phi) is 4.89. The van der Waals surface area contributed by atoms with E-state index in [1.165, 1.54) is 0 Å². The van der Waals surface area contributed by atoms with E-state index in [-0.39, 0.29) is 6.03 Å². The fourth-order valence-corrected chi connectivity index (χ4v) is 3.32. The quantitative estimate of drug-likeness (QED) is 0.740. The van der Waals surface area contributed by atoms with Crippen molar-refractivity contribution in [3.8, 4) is 11.3 Å². The van der Waals surface area contributed by atoms with Crippen LogP contribution in [0.2, 0.25) is 0 Å². The normalized spacial score (nSPS) is 13.6. The predicted molar refractivity (Wildman–Crippen MR) is 111 cm³/mol. The lowest BCUT2D eigenvalue weighted by Gasteiger charge is -2.24. The number of amides is 2. The summed E-state index contributed by atoms with van der Waals surface area (Å²) in [5.41, 5.74) is 4.33. The maximum absolute atomic E-state index is 13.0. The van der Waals surface area contributed by atoms with Gasteiger partial charge in [-0.2, -0.15) is 0 Å². The van der Waals surface area contributed by atoms with Crippen LogP contribution in [0.3, 0.4) is 0 Å². The molecule has 0 aliphatic carbocycles. The zero-order valence-electron chi connectivity index (χ0n) is 16.0. The van der Waals surface area contributed by atoms with Crippen molar-refractivity contribution in [3.63, 3.8) is 0 Å². The molecule has 7 heteroatoms. The Bertz CT molecular complexity index is 991. The number of aromatic nitrogens is 3. The van der Waals surface area contributed by atoms with Gasteiger partial charge in [-0.1, -0.05) is 0 Å². The molecular weight excluding hydrogens is 352 g/mol. The molecule has 142 valence electrons. The summed E-state index contributed by atoms with van der Waals surface area (Å²) in [5.74, 6) is 0.661. The van der Waals surface area contributed by atoms with Gasteiger partial charge in [0.25, 0.3) is 0 Å². The number of pyridine rings is 3. The zero-order chi connectivity index (χ0) is 19.5. The fourth-order valence-electron chi connectivity index (χ4n) is 3.32. The number of nitrogens with zero attached hydrogens (tertiary/aromatic N) is 5. The van der Waals surface area contributed by atoms with E-state index < -0.39 is 0 Å². The molecule has 0 saturated heterocycles. The molecule has 0 fully saturated rings. The molecule has 3 aromatic rings. The summed E-state index contributed by atoms with van der Waals surface area (Å²) in [6, 6.07) is 11.4. The molecule has 3 aromatic heterocycles. The van der Waals surface area contributed by atoms with Crippen LogP contribution < -0.4 is 15.1 Å². The molecule has 7 nitrogen and oxygen atoms in total. The van der Waals surface area contributed by atoms with Crippen molar-refractivity contribution in [2.24, 2.45) is 0 Å². The van der Waals surface area contributed by atoms with Gasteiger partial charge in [0.05, 0.1) is 23.3 Å². The average Bonchev–Trinajstić information content (AvgIpc) is 2.87. The van der Waals surface area contributed by atoms with Gasteiger partial charge in [0, 0.05) is 43.8 Å². The highest BCUT2D eigenvalue weighted by Gasteiger charge is 2.25. The first-order chi connectivity index (χ1) is 13.6. The second kappa shape index (κ2) is 7.64. The largest absolute Gasteiger partial charge is 0.372 e. The standard InChI is InChI=1S/C21H22N6O/c1-15-13-16(8-10-23-15)18-6-7-19-20(25-18)27(12-4-11-26(19)2)21(28)24-17-5-3-9-22-14-17/h3,5-10,13-14H,4,11-12H2,1-2H3,(H,24,28). The molecule has 0 saturated carbocycles. The maximum Gasteiger partial charge on any atom is 0.327 e. The number of hydrogen-bond donors (Lipinski definition) is 1. The molecule has 1 aliphatic heterocycles. The number of anilines is 3. The van der Waals surface area contributed by atoms with Gasteiger partial charge < -0.3 is 10.2 Å². The van der Waals surface area contributed by atoms with Crippen molar-refractivity contribution in [3.05, 3.63) is 60.7 Å². The van der Waals surface area contributed by atoms with Crippen LogP contribution in [0.5, 0.6) is 0 Å². The van der Waals surface area contributed by atoms with E-state index in [0.717, 1.165) is 35.6 Å². The first kappa shape index (κ1) is 17.9. The lowest BCUT2D eigenvalue weighted by Crippen LogP contribution is -2.36. The van der Waals surface area contributed by atoms with Crippen LogP contribution in [0.4, 0.5) is 22.0 Å². The SMILES string of the molecule is Cc1cc(-c2ccc3c(n2)N(C(=O)Nc2cccnc2)CCCN3C)ccn1. The van der Waals surface area contributed by atoms with Gasteiger partial charge in [0.1, 0.15) is 0 Å². The first-order valence-corrected chi connectivity index (χ1v) is 9.25. The minimum Gasteiger partial charge on any atom is -0.372 e. The molecule has 0 aromatic carbocycles. The molecule has 1 aliphatic rings. The summed E-state index contributed by atoms with van der Waals surface area (Å²) < 4.78 is 0. The molecule has 2 amide bonds. The second-order valence-corrected chi connectivity index (χ2v) is 6.82. The molecule has 0 spiro atoms. The summed E-state index contributed by atoms with van der Waals surface area (Å²) >= 11 is 0. The molecule has 1 N–H and O–H groups in total. The van der Waals surface area contributed by atoms with Crippen molar-refractivity contribution >= 4 is 23.2 Å². The van der Waals surface area contributed by atoms with E-state index in [4.69, 9.17) is 4.98 Å². The lowest BCUT2D eigenvalue weighted by atomic mass is 10.1. The van der Waals surface area contributed by atoms with E-state index in [0.29, 0.717) is 18.1 Å². The van der Waals surface area contributed by atoms with Gasteiger partial charge in [0.2, 0.25) is 0 Å². The van der Waals surface area contributed by atoms with Gasteiger partial charge in [-0.25, -0.2) is 9.78 Å². The molecule has 4 rings (SSSR count). The Morgan fingerprint density at radius 3 is 2.82 bits per heavy atom. The van der Waals surface area contributed by atoms with Crippen LogP contribution in [0.15, 0.2) is 55.0 Å². The third-order valence-corrected chi connectivity index (χ3v) is 4.75. The number of carbonyl (C=O) groups excluding carboxylic acids is 1. The van der Waals surface area contributed by atoms with Crippen LogP contribution in [0.1, 0.15) is 12.1 Å². The van der Waals surface area contributed by atoms with Crippen molar-refractivity contribution in [1.29, 1.82) is 0 Å². The van der Waals surface area contributed by atoms with Crippen molar-refractivity contribution in [2.75, 3.05) is 35.3 Å². The average molecular weight is 374 g/mol. The van der Waals surface area contributed by atoms with Crippen LogP contribution in [-0.2, 0) is 0 Å². The number of urea groups is 1. The van der Waals surface area contributed by atoms with E-state index in [9.17, 15) is 4.79 Å². The third kappa shape index (κ3) is 3.64. The third-order valence-electron chi connectivity index (χ3n) is 4.75. The highest BCUT2D eigenvalue weighted by molar-refractivity contribution is 6.03. The maximum atomic E-state index is 13.0. The Morgan fingerprint density at radius 1 is 1.14 bits per heavy atom. The Hall–Kier alpha value is -3.48. The van der Waals surface area contributed by atoms with Crippen molar-refractivity contribution in [1.82, 2.24) is 15.0 Å². The summed E-state index contributed by atoms with van der Waals surface area (Å²) in [6.07, 6.45) is 5.94. The number of aryl methyl sites for hydroxylation is 1. The lowest BCUT2D eigenvalue weighted by molar-refractivity contribution is 0.257. The fraction of sp³-hybridized carbons (Fsp3) is 0.238. The van der Waals surface area contributed by atoms with Gasteiger partial charge in [0.15, 0.2) is 5.82 Å². The minimum absolute atomic E-state index is 0.208. The highest BCUT2D eigenvalue weighted by atomic mass is 16.2. The predicted octanol–water partition coefficient (Wildman–Crippen LogP) is 3.73. The Balaban J connectivity index is 1.72. The number of rotatable bonds is 2. The van der Waals surface area contributed by atoms with Crippen LogP contribution in [-0.4, -0.2) is 41.1 Å². The van der Waals surface area contributed by atoms with E-state index >= 15 is 0 Å². The molecule has 0 bridgehead atoms. The molecule has 0 radical (unpaired) electrons. The van der Waals surface area contributed by atoms with Crippen LogP contribution in [0.25, 0.3) is 11.3 Å². The molecule has 0 atom stereocenters. The topological polar surface area (TPSA) is 74.2 Å². The van der Waals surface area contributed by atoms with Crippen LogP contribution >= 0.6 is 0 Å². The van der Waals surface area contributed by atoms with E-state index in [1.807, 2.05) is 44.3 Å². The molecular formula is C21H22N6O. The zero-order valence-corrected chi connectivity index (χ0v) is 16.0. The van der Waals surface area contributed by atoms with Gasteiger partial charge in [-0.05, 0) is 49.7 Å². The Labute approximate surface area is 164 Å². The van der Waals surface area contributed by atoms with Crippen LogP contribution in [0, 0.1) is 6.92 Å². The molecule has 0 unspecified atom stereocenters. The second-order valence-electron chi connectivity index (χ2n) is 6.82. The summed E-state index contributed by atoms with van der Waals surface area (Å²) in [7, 11) is 2.03. The van der Waals surface area contributed by atoms with Crippen molar-refractivity contribution in [2.45, 2.75) is 13.3 Å². The van der Waals surface area contributed by atoms with E-state index in [1.54, 1.807) is 29.6 Å². The highest BCUT2D eigenvalue weighted by Crippen LogP contribution is 2.33. The van der Waals surface area contributed by atoms with Crippen molar-refractivity contribution < 1.29 is 4.79 Å². The first-order valence-electron chi connectivity index (χ1n) is 9.25. The summed E-state index contributed by atoms with van der Waals surface area (Å²) in [6.45, 7) is 3.41. The number of nitrogens with one attached hydrogen (secondary N) is 1. The number of fused-ring (bicyclic) bond motifs is 1. The Morgan fingerprint density at radius 2 is 2.04 bits per heavy atom. The monoisotopic (exact) mass is 374 g/mol. The minimum atomic E-state index is -0.208. The molecule has 28 heavy (non-hydrogen) atoms. The number of hydrogen-bond acceptors (Lipinski definition) is 5. The van der Waals surface area contributed by atoms with Gasteiger partial charge in [-0.3, -0.25) is 14.9 Å². The van der Waals surface area contributed by atoms with Gasteiger partial charge >= 0.3 is 6.03 Å². The van der Waals surface area contributed by atoms with Gasteiger partial charge in [-0.15, -0.1) is 0 Å². The molecule has 4 heterocycles. The summed E-state index contributed by atoms with van der Waals surface area (Å²) in [5, 5.41) is 2.92. The smallest absolute Gasteiger partial charge is 0.327 e. The summed E-state index contributed by atoms with van der Waals surface area (Å²) in [4.78, 5) is 30.0.